The predicted molar refractivity (Wildman–Crippen MR) is 185 cm³/mol. The lowest BCUT2D eigenvalue weighted by Gasteiger charge is -2.38. The molecule has 50 heavy (non-hydrogen) atoms. The largest absolute Gasteiger partial charge is 0.472 e. The highest BCUT2D eigenvalue weighted by Crippen LogP contribution is 2.43. The highest BCUT2D eigenvalue weighted by atomic mass is 35.5. The summed E-state index contributed by atoms with van der Waals surface area (Å²) in [5.41, 5.74) is 1.07. The van der Waals surface area contributed by atoms with Gasteiger partial charge in [-0.1, -0.05) is 30.3 Å². The van der Waals surface area contributed by atoms with Crippen molar-refractivity contribution in [1.82, 2.24) is 29.5 Å². The first-order chi connectivity index (χ1) is 24.1. The topological polar surface area (TPSA) is 124 Å². The molecule has 13 heteroatoms. The van der Waals surface area contributed by atoms with Crippen molar-refractivity contribution in [3.05, 3.63) is 71.5 Å². The molecule has 1 amide bonds. The number of likely N-dealkylation sites (tertiary alicyclic amines) is 2. The van der Waals surface area contributed by atoms with Gasteiger partial charge in [-0.05, 0) is 69.8 Å². The minimum absolute atomic E-state index is 0.00673. The van der Waals surface area contributed by atoms with Crippen LogP contribution < -0.4 is 4.74 Å². The summed E-state index contributed by atoms with van der Waals surface area (Å²) in [4.78, 5) is 25.5. The second-order valence-corrected chi connectivity index (χ2v) is 13.4. The van der Waals surface area contributed by atoms with Gasteiger partial charge in [-0.2, -0.15) is 15.6 Å². The highest BCUT2D eigenvalue weighted by Gasteiger charge is 2.36. The van der Waals surface area contributed by atoms with Crippen LogP contribution in [0.25, 0.3) is 43.8 Å². The number of pyridine rings is 2. The normalized spacial score (nSPS) is 20.2. The van der Waals surface area contributed by atoms with Crippen LogP contribution in [-0.2, 0) is 4.79 Å². The van der Waals surface area contributed by atoms with Crippen molar-refractivity contribution in [1.29, 1.82) is 10.5 Å². The summed E-state index contributed by atoms with van der Waals surface area (Å²) in [6.07, 6.45) is 5.56. The van der Waals surface area contributed by atoms with E-state index in [0.29, 0.717) is 45.5 Å². The maximum Gasteiger partial charge on any atom is 0.282 e. The summed E-state index contributed by atoms with van der Waals surface area (Å²) in [6, 6.07) is 12.1. The Morgan fingerprint density at radius 3 is 2.76 bits per heavy atom. The maximum absolute atomic E-state index is 17.2. The van der Waals surface area contributed by atoms with Gasteiger partial charge in [0.1, 0.15) is 11.6 Å². The molecule has 2 aromatic carbocycles. The van der Waals surface area contributed by atoms with Gasteiger partial charge in [0.15, 0.2) is 11.6 Å². The number of carbonyl (C=O) groups is 1. The lowest BCUT2D eigenvalue weighted by atomic mass is 9.94. The number of rotatable bonds is 7. The van der Waals surface area contributed by atoms with Crippen LogP contribution in [0.1, 0.15) is 50.6 Å². The summed E-state index contributed by atoms with van der Waals surface area (Å²) in [5.74, 6) is -2.44. The highest BCUT2D eigenvalue weighted by molar-refractivity contribution is 6.35. The van der Waals surface area contributed by atoms with E-state index in [1.165, 1.54) is 4.90 Å². The smallest absolute Gasteiger partial charge is 0.282 e. The number of piperidine rings is 1. The van der Waals surface area contributed by atoms with Gasteiger partial charge in [-0.25, -0.2) is 13.8 Å². The Kier molecular flexibility index (Phi) is 8.85. The number of amides is 1. The number of fused-ring (bicyclic) bond motifs is 4. The average molecular weight is 695 g/mol. The zero-order valence-corrected chi connectivity index (χ0v) is 28.3. The van der Waals surface area contributed by atoms with E-state index < -0.39 is 23.6 Å². The molecule has 0 unspecified atom stereocenters. The fourth-order valence-corrected chi connectivity index (χ4v) is 7.98. The van der Waals surface area contributed by atoms with Gasteiger partial charge in [-0.3, -0.25) is 19.4 Å². The molecule has 0 radical (unpaired) electrons. The molecular formula is C37H33ClF2N8O2. The van der Waals surface area contributed by atoms with Crippen molar-refractivity contribution in [2.24, 2.45) is 0 Å². The van der Waals surface area contributed by atoms with Crippen molar-refractivity contribution >= 4 is 50.1 Å². The van der Waals surface area contributed by atoms with Crippen LogP contribution >= 0.6 is 11.6 Å². The minimum atomic E-state index is -1.08. The van der Waals surface area contributed by atoms with Crippen molar-refractivity contribution in [2.75, 3.05) is 20.1 Å². The number of carbonyl (C=O) groups excluding carboxylic acids is 1. The standard InChI is InChI=1S/C37H33ClF2N8O2/c1-20(39)37(49)47-15-11-25(16-24(47)9-12-41)48-35-26-17-28(38)31(34-30-22(10-13-43-34)6-4-7-23(30)18-42)32(40)33(26)45-36(27(35)19-44-48)50-21(2)29-8-5-14-46(29)3/h4,6-7,10,13,17,19,21,24-25,29H,1,5,8-9,11,14-16H2,2-3H3/t21-,24+,25-,29-/m0/s1. The van der Waals surface area contributed by atoms with E-state index in [1.54, 1.807) is 41.3 Å². The van der Waals surface area contributed by atoms with Gasteiger partial charge in [0, 0.05) is 35.6 Å². The second kappa shape index (κ2) is 13.3. The Labute approximate surface area is 292 Å². The molecule has 254 valence electrons. The number of benzene rings is 2. The Bertz CT molecular complexity index is 2270. The summed E-state index contributed by atoms with van der Waals surface area (Å²) in [7, 11) is 2.05. The lowest BCUT2D eigenvalue weighted by molar-refractivity contribution is -0.132. The van der Waals surface area contributed by atoms with Crippen LogP contribution in [0.3, 0.4) is 0 Å². The van der Waals surface area contributed by atoms with Gasteiger partial charge >= 0.3 is 0 Å². The number of aromatic nitrogens is 4. The molecule has 10 nitrogen and oxygen atoms in total. The molecule has 5 heterocycles. The molecule has 0 spiro atoms. The number of halogens is 3. The van der Waals surface area contributed by atoms with Crippen molar-refractivity contribution in [2.45, 2.75) is 63.3 Å². The van der Waals surface area contributed by atoms with E-state index >= 15 is 4.39 Å². The number of nitrogens with zero attached hydrogens (tertiary/aromatic N) is 8. The monoisotopic (exact) mass is 694 g/mol. The number of likely N-dealkylation sites (N-methyl/N-ethyl adjacent to an activating group) is 1. The zero-order chi connectivity index (χ0) is 35.3. The summed E-state index contributed by atoms with van der Waals surface area (Å²) < 4.78 is 39.4. The predicted octanol–water partition coefficient (Wildman–Crippen LogP) is 7.25. The van der Waals surface area contributed by atoms with Crippen LogP contribution in [0.15, 0.2) is 55.1 Å². The maximum atomic E-state index is 17.2. The molecule has 2 fully saturated rings. The SMILES string of the molecule is C=C(F)C(=O)N1CC[C@H](n2ncc3c(O[C@@H](C)[C@@H]4CCCN4C)nc4c(F)c(-c5nccc6cccc(C#N)c56)c(Cl)cc4c32)C[C@H]1CC#N. The second-order valence-electron chi connectivity index (χ2n) is 13.0. The third-order valence-electron chi connectivity index (χ3n) is 10.1. The molecule has 0 bridgehead atoms. The quantitative estimate of drug-likeness (QED) is 0.163. The third kappa shape index (κ3) is 5.59. The Morgan fingerprint density at radius 2 is 2.04 bits per heavy atom. The summed E-state index contributed by atoms with van der Waals surface area (Å²) in [6.45, 7) is 6.24. The summed E-state index contributed by atoms with van der Waals surface area (Å²) in [5, 5.41) is 26.4. The fraction of sp³-hybridized carbons (Fsp3) is 0.351. The number of ether oxygens (including phenoxy) is 1. The molecule has 2 saturated heterocycles. The molecule has 0 N–H and O–H groups in total. The van der Waals surface area contributed by atoms with Gasteiger partial charge in [-0.15, -0.1) is 0 Å². The Hall–Kier alpha value is -5.17. The van der Waals surface area contributed by atoms with Crippen LogP contribution in [-0.4, -0.2) is 73.8 Å². The third-order valence-corrected chi connectivity index (χ3v) is 10.4. The Morgan fingerprint density at radius 1 is 1.22 bits per heavy atom. The first kappa shape index (κ1) is 33.3. The molecule has 2 aliphatic heterocycles. The first-order valence-electron chi connectivity index (χ1n) is 16.5. The molecule has 4 atom stereocenters. The van der Waals surface area contributed by atoms with Crippen molar-refractivity contribution in [3.8, 4) is 29.3 Å². The van der Waals surface area contributed by atoms with Crippen LogP contribution in [0.2, 0.25) is 5.02 Å². The van der Waals surface area contributed by atoms with E-state index in [4.69, 9.17) is 26.4 Å². The van der Waals surface area contributed by atoms with Crippen LogP contribution in [0, 0.1) is 28.5 Å². The van der Waals surface area contributed by atoms with Crippen LogP contribution in [0.5, 0.6) is 5.88 Å². The van der Waals surface area contributed by atoms with Gasteiger partial charge < -0.3 is 9.64 Å². The number of hydrogen-bond donors (Lipinski definition) is 0. The van der Waals surface area contributed by atoms with Crippen molar-refractivity contribution < 1.29 is 18.3 Å². The zero-order valence-electron chi connectivity index (χ0n) is 27.5. The molecule has 5 aromatic rings. The number of hydrogen-bond acceptors (Lipinski definition) is 8. The summed E-state index contributed by atoms with van der Waals surface area (Å²) >= 11 is 6.94. The molecule has 0 aliphatic carbocycles. The molecule has 7 rings (SSSR count). The van der Waals surface area contributed by atoms with E-state index in [2.05, 4.69) is 28.6 Å². The van der Waals surface area contributed by atoms with E-state index in [9.17, 15) is 19.7 Å². The Balaban J connectivity index is 1.43. The molecule has 3 aromatic heterocycles. The van der Waals surface area contributed by atoms with E-state index in [0.717, 1.165) is 19.4 Å². The number of nitriles is 2. The van der Waals surface area contributed by atoms with Crippen molar-refractivity contribution in [3.63, 3.8) is 0 Å². The molecular weight excluding hydrogens is 662 g/mol. The van der Waals surface area contributed by atoms with Crippen LogP contribution in [0.4, 0.5) is 8.78 Å². The molecule has 0 saturated carbocycles. The van der Waals surface area contributed by atoms with Gasteiger partial charge in [0.05, 0.1) is 63.5 Å². The van der Waals surface area contributed by atoms with Gasteiger partial charge in [0.2, 0.25) is 5.88 Å². The lowest BCUT2D eigenvalue weighted by Crippen LogP contribution is -2.46. The van der Waals surface area contributed by atoms with E-state index in [1.807, 2.05) is 20.0 Å². The average Bonchev–Trinajstić information content (AvgIpc) is 3.75. The fourth-order valence-electron chi connectivity index (χ4n) is 7.70. The van der Waals surface area contributed by atoms with E-state index in [-0.39, 0.29) is 58.8 Å². The minimum Gasteiger partial charge on any atom is -0.472 e. The first-order valence-corrected chi connectivity index (χ1v) is 16.9. The molecule has 2 aliphatic rings. The van der Waals surface area contributed by atoms with Gasteiger partial charge in [0.25, 0.3) is 5.91 Å².